The molecular formula is C22H25NO4. The van der Waals surface area contributed by atoms with Crippen LogP contribution in [-0.4, -0.2) is 30.5 Å². The first kappa shape index (κ1) is 19.0. The number of rotatable bonds is 2. The van der Waals surface area contributed by atoms with Gasteiger partial charge in [-0.2, -0.15) is 0 Å². The lowest BCUT2D eigenvalue weighted by molar-refractivity contribution is -0.143. The number of fused-ring (bicyclic) bond motifs is 1. The van der Waals surface area contributed by atoms with Crippen molar-refractivity contribution in [3.63, 3.8) is 0 Å². The highest BCUT2D eigenvalue weighted by Gasteiger charge is 2.35. The monoisotopic (exact) mass is 367 g/mol. The molecule has 0 fully saturated rings. The van der Waals surface area contributed by atoms with Gasteiger partial charge in [0.2, 0.25) is 5.91 Å². The van der Waals surface area contributed by atoms with Crippen molar-refractivity contribution in [2.75, 3.05) is 13.7 Å². The van der Waals surface area contributed by atoms with Crippen molar-refractivity contribution < 1.29 is 19.1 Å². The number of amides is 1. The van der Waals surface area contributed by atoms with Gasteiger partial charge >= 0.3 is 5.97 Å². The number of ether oxygens (including phenoxy) is 2. The molecule has 27 heavy (non-hydrogen) atoms. The lowest BCUT2D eigenvalue weighted by Crippen LogP contribution is -2.42. The van der Waals surface area contributed by atoms with E-state index in [1.54, 1.807) is 12.1 Å². The molecule has 0 bridgehead atoms. The molecule has 1 atom stereocenters. The van der Waals surface area contributed by atoms with Gasteiger partial charge in [0.15, 0.2) is 0 Å². The Morgan fingerprint density at radius 2 is 1.81 bits per heavy atom. The molecule has 5 heteroatoms. The van der Waals surface area contributed by atoms with Crippen LogP contribution in [0.1, 0.15) is 48.3 Å². The van der Waals surface area contributed by atoms with Crippen molar-refractivity contribution in [3.8, 4) is 5.75 Å². The average molecular weight is 367 g/mol. The van der Waals surface area contributed by atoms with Gasteiger partial charge in [-0.15, -0.1) is 0 Å². The second kappa shape index (κ2) is 7.43. The third kappa shape index (κ3) is 3.97. The summed E-state index contributed by atoms with van der Waals surface area (Å²) >= 11 is 0. The highest BCUT2D eigenvalue weighted by molar-refractivity contribution is 5.90. The Bertz CT molecular complexity index is 839. The number of carbonyl (C=O) groups excluding carboxylic acids is 2. The predicted octanol–water partition coefficient (Wildman–Crippen LogP) is 3.98. The Hall–Kier alpha value is -2.82. The minimum Gasteiger partial charge on any atom is -0.491 e. The van der Waals surface area contributed by atoms with Crippen LogP contribution >= 0.6 is 0 Å². The lowest BCUT2D eigenvalue weighted by Gasteiger charge is -2.34. The maximum atomic E-state index is 13.2. The molecule has 1 aliphatic heterocycles. The molecule has 3 rings (SSSR count). The summed E-state index contributed by atoms with van der Waals surface area (Å²) in [5.41, 5.74) is 1.82. The number of hydrogen-bond donors (Lipinski definition) is 0. The summed E-state index contributed by atoms with van der Waals surface area (Å²) in [7, 11) is 1.35. The van der Waals surface area contributed by atoms with Crippen molar-refractivity contribution in [2.45, 2.75) is 33.4 Å². The van der Waals surface area contributed by atoms with Crippen molar-refractivity contribution in [1.29, 1.82) is 0 Å². The number of carbonyl (C=O) groups is 2. The van der Waals surface area contributed by atoms with Gasteiger partial charge in [0.25, 0.3) is 0 Å². The first-order valence-electron chi connectivity index (χ1n) is 9.01. The molecule has 0 N–H and O–H groups in total. The lowest BCUT2D eigenvalue weighted by atomic mass is 9.92. The number of methoxy groups -OCH3 is 1. The summed E-state index contributed by atoms with van der Waals surface area (Å²) in [4.78, 5) is 26.9. The van der Waals surface area contributed by atoms with Gasteiger partial charge in [-0.3, -0.25) is 4.79 Å². The molecule has 0 spiro atoms. The van der Waals surface area contributed by atoms with E-state index in [1.807, 2.05) is 62.1 Å². The molecule has 0 unspecified atom stereocenters. The van der Waals surface area contributed by atoms with Crippen LogP contribution < -0.4 is 4.74 Å². The fourth-order valence-electron chi connectivity index (χ4n) is 3.21. The SMILES string of the molecule is COC(=O)c1ccc2c(c1)OC[C@H](c1ccccc1)N(C(=O)C(C)(C)C)C2. The largest absolute Gasteiger partial charge is 0.491 e. The van der Waals surface area contributed by atoms with Crippen molar-refractivity contribution in [3.05, 3.63) is 65.2 Å². The Morgan fingerprint density at radius 3 is 2.44 bits per heavy atom. The molecule has 2 aromatic rings. The highest BCUT2D eigenvalue weighted by Crippen LogP contribution is 2.35. The van der Waals surface area contributed by atoms with E-state index in [2.05, 4.69) is 0 Å². The number of hydrogen-bond acceptors (Lipinski definition) is 4. The zero-order chi connectivity index (χ0) is 19.6. The van der Waals surface area contributed by atoms with Gasteiger partial charge in [-0.05, 0) is 17.7 Å². The number of esters is 1. The molecule has 0 aromatic heterocycles. The molecule has 1 amide bonds. The van der Waals surface area contributed by atoms with Crippen LogP contribution in [0, 0.1) is 5.41 Å². The molecule has 0 aliphatic carbocycles. The van der Waals surface area contributed by atoms with Gasteiger partial charge < -0.3 is 14.4 Å². The molecular weight excluding hydrogens is 342 g/mol. The summed E-state index contributed by atoms with van der Waals surface area (Å²) in [5, 5.41) is 0. The topological polar surface area (TPSA) is 55.8 Å². The van der Waals surface area contributed by atoms with E-state index in [0.29, 0.717) is 24.5 Å². The van der Waals surface area contributed by atoms with Crippen molar-refractivity contribution in [2.24, 2.45) is 5.41 Å². The smallest absolute Gasteiger partial charge is 0.337 e. The van der Waals surface area contributed by atoms with E-state index < -0.39 is 11.4 Å². The van der Waals surface area contributed by atoms with Gasteiger partial charge in [0, 0.05) is 11.0 Å². The standard InChI is InChI=1S/C22H25NO4/c1-22(2,3)21(25)23-13-17-11-10-16(20(24)26-4)12-19(17)27-14-18(23)15-8-6-5-7-9-15/h5-12,18H,13-14H2,1-4H3/t18-/m1/s1. The number of nitrogens with zero attached hydrogens (tertiary/aromatic N) is 1. The summed E-state index contributed by atoms with van der Waals surface area (Å²) < 4.78 is 10.8. The first-order valence-corrected chi connectivity index (χ1v) is 9.01. The van der Waals surface area contributed by atoms with Gasteiger partial charge in [0.05, 0.1) is 25.3 Å². The molecule has 0 saturated carbocycles. The van der Waals surface area contributed by atoms with Gasteiger partial charge in [-0.1, -0.05) is 57.2 Å². The van der Waals surface area contributed by atoms with Crippen LogP contribution in [0.3, 0.4) is 0 Å². The summed E-state index contributed by atoms with van der Waals surface area (Å²) in [6.45, 7) is 6.51. The van der Waals surface area contributed by atoms with E-state index in [4.69, 9.17) is 9.47 Å². The molecule has 0 radical (unpaired) electrons. The predicted molar refractivity (Wildman–Crippen MR) is 102 cm³/mol. The summed E-state index contributed by atoms with van der Waals surface area (Å²) in [6.07, 6.45) is 0. The van der Waals surface area contributed by atoms with E-state index >= 15 is 0 Å². The second-order valence-electron chi connectivity index (χ2n) is 7.73. The normalized spacial score (nSPS) is 16.7. The average Bonchev–Trinajstić information content (AvgIpc) is 2.85. The minimum atomic E-state index is -0.510. The van der Waals surface area contributed by atoms with E-state index in [-0.39, 0.29) is 11.9 Å². The highest BCUT2D eigenvalue weighted by atomic mass is 16.5. The summed E-state index contributed by atoms with van der Waals surface area (Å²) in [5.74, 6) is 0.265. The Morgan fingerprint density at radius 1 is 1.11 bits per heavy atom. The van der Waals surface area contributed by atoms with Crippen molar-refractivity contribution in [1.82, 2.24) is 4.90 Å². The van der Waals surface area contributed by atoms with Crippen LogP contribution in [0.2, 0.25) is 0 Å². The van der Waals surface area contributed by atoms with Gasteiger partial charge in [-0.25, -0.2) is 4.79 Å². The second-order valence-corrected chi connectivity index (χ2v) is 7.73. The van der Waals surface area contributed by atoms with Crippen LogP contribution in [-0.2, 0) is 16.1 Å². The zero-order valence-electron chi connectivity index (χ0n) is 16.2. The Kier molecular flexibility index (Phi) is 5.22. The fourth-order valence-corrected chi connectivity index (χ4v) is 3.21. The molecule has 142 valence electrons. The zero-order valence-corrected chi connectivity index (χ0v) is 16.2. The van der Waals surface area contributed by atoms with E-state index in [0.717, 1.165) is 11.1 Å². The molecule has 1 heterocycles. The quantitative estimate of drug-likeness (QED) is 0.754. The van der Waals surface area contributed by atoms with Crippen LogP contribution in [0.15, 0.2) is 48.5 Å². The van der Waals surface area contributed by atoms with Crippen LogP contribution in [0.5, 0.6) is 5.75 Å². The van der Waals surface area contributed by atoms with E-state index in [9.17, 15) is 9.59 Å². The first-order chi connectivity index (χ1) is 12.8. The molecule has 5 nitrogen and oxygen atoms in total. The molecule has 0 saturated heterocycles. The maximum Gasteiger partial charge on any atom is 0.337 e. The van der Waals surface area contributed by atoms with Crippen LogP contribution in [0.4, 0.5) is 0 Å². The Balaban J connectivity index is 2.02. The maximum absolute atomic E-state index is 13.2. The third-order valence-corrected chi connectivity index (χ3v) is 4.69. The van der Waals surface area contributed by atoms with Gasteiger partial charge in [0.1, 0.15) is 12.4 Å². The minimum absolute atomic E-state index is 0.0600. The molecule has 2 aromatic carbocycles. The van der Waals surface area contributed by atoms with Crippen LogP contribution in [0.25, 0.3) is 0 Å². The Labute approximate surface area is 159 Å². The summed E-state index contributed by atoms with van der Waals surface area (Å²) in [6, 6.07) is 14.9. The fraction of sp³-hybridized carbons (Fsp3) is 0.364. The number of benzene rings is 2. The van der Waals surface area contributed by atoms with E-state index in [1.165, 1.54) is 7.11 Å². The van der Waals surface area contributed by atoms with Crippen molar-refractivity contribution >= 4 is 11.9 Å². The molecule has 1 aliphatic rings. The third-order valence-electron chi connectivity index (χ3n) is 4.69.